The Morgan fingerprint density at radius 1 is 1.23 bits per heavy atom. The van der Waals surface area contributed by atoms with Gasteiger partial charge in [0, 0.05) is 0 Å². The Morgan fingerprint density at radius 2 is 1.69 bits per heavy atom. The predicted octanol–water partition coefficient (Wildman–Crippen LogP) is 1.47. The van der Waals surface area contributed by atoms with Gasteiger partial charge >= 0.3 is 37.7 Å². The summed E-state index contributed by atoms with van der Waals surface area (Å²) in [7, 11) is 0. The molecule has 1 aromatic carbocycles. The monoisotopic (exact) mass is 226 g/mol. The van der Waals surface area contributed by atoms with Crippen LogP contribution in [0.4, 0.5) is 0 Å². The van der Waals surface area contributed by atoms with E-state index in [1.807, 2.05) is 12.1 Å². The van der Waals surface area contributed by atoms with Gasteiger partial charge in [0.1, 0.15) is 0 Å². The molecule has 0 radical (unpaired) electrons. The zero-order chi connectivity index (χ0) is 9.14. The van der Waals surface area contributed by atoms with Crippen molar-refractivity contribution in [2.75, 3.05) is 0 Å². The molecule has 0 amide bonds. The zero-order valence-corrected chi connectivity index (χ0v) is 7.97. The van der Waals surface area contributed by atoms with Gasteiger partial charge in [-0.05, 0) is 23.6 Å². The number of hydrogen-bond donors (Lipinski definition) is 1. The van der Waals surface area contributed by atoms with Crippen LogP contribution >= 0.6 is 0 Å². The van der Waals surface area contributed by atoms with Crippen molar-refractivity contribution in [3.8, 4) is 0 Å². The molecule has 1 atom stereocenters. The Kier molecular flexibility index (Phi) is 6.42. The Morgan fingerprint density at radius 3 is 2.00 bits per heavy atom. The molecule has 1 N–H and O–H groups in total. The minimum atomic E-state index is -1.85. The van der Waals surface area contributed by atoms with Gasteiger partial charge in [-0.3, -0.25) is 0 Å². The quantitative estimate of drug-likeness (QED) is 0.612. The van der Waals surface area contributed by atoms with Gasteiger partial charge in [-0.25, -0.2) is 4.21 Å². The first-order valence-electron chi connectivity index (χ1n) is 3.82. The summed E-state index contributed by atoms with van der Waals surface area (Å²) in [5.74, 6) is 0.464. The van der Waals surface area contributed by atoms with Crippen molar-refractivity contribution in [1.29, 1.82) is 0 Å². The standard InChI is InChI=1S/C9H12O2S.Ca.2H/c1-7(2)8-3-5-9(6-4-8)12(10)11;;;/h3-7H,1-2H3,(H,10,11);;;. The van der Waals surface area contributed by atoms with Crippen LogP contribution in [-0.4, -0.2) is 46.5 Å². The Bertz CT molecular complexity index is 282. The second-order valence-electron chi connectivity index (χ2n) is 2.97. The van der Waals surface area contributed by atoms with Gasteiger partial charge in [0.05, 0.1) is 4.90 Å². The third kappa shape index (κ3) is 4.09. The van der Waals surface area contributed by atoms with E-state index in [1.165, 1.54) is 5.56 Å². The zero-order valence-electron chi connectivity index (χ0n) is 7.15. The average molecular weight is 226 g/mol. The fourth-order valence-corrected chi connectivity index (χ4v) is 1.34. The minimum absolute atomic E-state index is 0. The van der Waals surface area contributed by atoms with E-state index in [9.17, 15) is 4.21 Å². The molecule has 0 heterocycles. The molecular formula is C9H14CaO2S. The molecule has 1 unspecified atom stereocenters. The van der Waals surface area contributed by atoms with E-state index >= 15 is 0 Å². The first-order chi connectivity index (χ1) is 5.61. The van der Waals surface area contributed by atoms with E-state index in [2.05, 4.69) is 13.8 Å². The predicted molar refractivity (Wildman–Crippen MR) is 58.1 cm³/mol. The third-order valence-electron chi connectivity index (χ3n) is 1.75. The van der Waals surface area contributed by atoms with E-state index in [4.69, 9.17) is 4.55 Å². The van der Waals surface area contributed by atoms with Gasteiger partial charge in [0.25, 0.3) is 0 Å². The van der Waals surface area contributed by atoms with Crippen molar-refractivity contribution in [1.82, 2.24) is 0 Å². The fourth-order valence-electron chi connectivity index (χ4n) is 0.969. The molecule has 0 spiro atoms. The Hall–Kier alpha value is 0.590. The van der Waals surface area contributed by atoms with E-state index < -0.39 is 11.1 Å². The molecule has 0 aliphatic carbocycles. The van der Waals surface area contributed by atoms with Gasteiger partial charge in [-0.15, -0.1) is 0 Å². The Labute approximate surface area is 111 Å². The molecule has 0 saturated carbocycles. The molecule has 0 fully saturated rings. The van der Waals surface area contributed by atoms with Crippen LogP contribution < -0.4 is 0 Å². The second kappa shape index (κ2) is 6.14. The summed E-state index contributed by atoms with van der Waals surface area (Å²) in [5.41, 5.74) is 1.18. The molecule has 0 aliphatic rings. The topological polar surface area (TPSA) is 37.3 Å². The van der Waals surface area contributed by atoms with Crippen LogP contribution in [0.2, 0.25) is 0 Å². The summed E-state index contributed by atoms with van der Waals surface area (Å²) in [6, 6.07) is 7.14. The maximum absolute atomic E-state index is 10.6. The van der Waals surface area contributed by atoms with E-state index in [1.54, 1.807) is 12.1 Å². The van der Waals surface area contributed by atoms with Crippen molar-refractivity contribution in [2.45, 2.75) is 24.7 Å². The summed E-state index contributed by atoms with van der Waals surface area (Å²) in [4.78, 5) is 0.458. The molecule has 13 heavy (non-hydrogen) atoms. The van der Waals surface area contributed by atoms with Gasteiger partial charge in [-0.1, -0.05) is 26.0 Å². The molecule has 0 aromatic heterocycles. The SMILES string of the molecule is CC(C)c1ccc(S(=O)O)cc1.[CaH2]. The summed E-state index contributed by atoms with van der Waals surface area (Å²) < 4.78 is 19.3. The van der Waals surface area contributed by atoms with Crippen molar-refractivity contribution in [3.05, 3.63) is 29.8 Å². The van der Waals surface area contributed by atoms with E-state index in [0.29, 0.717) is 10.8 Å². The van der Waals surface area contributed by atoms with Crippen LogP contribution in [-0.2, 0) is 11.1 Å². The first-order valence-corrected chi connectivity index (χ1v) is 4.92. The maximum atomic E-state index is 10.6. The summed E-state index contributed by atoms with van der Waals surface area (Å²) in [6.45, 7) is 4.18. The van der Waals surface area contributed by atoms with Crippen LogP contribution in [0.5, 0.6) is 0 Å². The van der Waals surface area contributed by atoms with Crippen LogP contribution in [0.15, 0.2) is 29.2 Å². The summed E-state index contributed by atoms with van der Waals surface area (Å²) >= 11 is -1.85. The third-order valence-corrected chi connectivity index (χ3v) is 2.42. The van der Waals surface area contributed by atoms with E-state index in [-0.39, 0.29) is 37.7 Å². The van der Waals surface area contributed by atoms with Crippen LogP contribution in [0.1, 0.15) is 25.3 Å². The molecule has 1 aromatic rings. The Balaban J connectivity index is 0.00000144. The number of rotatable bonds is 2. The molecule has 70 valence electrons. The van der Waals surface area contributed by atoms with Crippen molar-refractivity contribution >= 4 is 48.8 Å². The van der Waals surface area contributed by atoms with Crippen LogP contribution in [0.3, 0.4) is 0 Å². The molecule has 1 rings (SSSR count). The molecule has 0 aliphatic heterocycles. The van der Waals surface area contributed by atoms with Crippen molar-refractivity contribution < 1.29 is 8.76 Å². The summed E-state index contributed by atoms with van der Waals surface area (Å²) in [6.07, 6.45) is 0. The number of benzene rings is 1. The summed E-state index contributed by atoms with van der Waals surface area (Å²) in [5, 5.41) is 0. The van der Waals surface area contributed by atoms with Crippen LogP contribution in [0, 0.1) is 0 Å². The van der Waals surface area contributed by atoms with Crippen molar-refractivity contribution in [3.63, 3.8) is 0 Å². The normalized spacial score (nSPS) is 12.3. The van der Waals surface area contributed by atoms with Crippen molar-refractivity contribution in [2.24, 2.45) is 0 Å². The molecule has 0 bridgehead atoms. The van der Waals surface area contributed by atoms with Crippen LogP contribution in [0.25, 0.3) is 0 Å². The van der Waals surface area contributed by atoms with Gasteiger partial charge < -0.3 is 4.55 Å². The molecule has 0 saturated heterocycles. The van der Waals surface area contributed by atoms with E-state index in [0.717, 1.165) is 0 Å². The van der Waals surface area contributed by atoms with Gasteiger partial charge in [-0.2, -0.15) is 0 Å². The molecular weight excluding hydrogens is 212 g/mol. The number of hydrogen-bond acceptors (Lipinski definition) is 1. The fraction of sp³-hybridized carbons (Fsp3) is 0.333. The van der Waals surface area contributed by atoms with Gasteiger partial charge in [0.15, 0.2) is 11.1 Å². The molecule has 4 heteroatoms. The average Bonchev–Trinajstić information content (AvgIpc) is 2.04. The van der Waals surface area contributed by atoms with Gasteiger partial charge in [0.2, 0.25) is 0 Å². The molecule has 2 nitrogen and oxygen atoms in total. The first kappa shape index (κ1) is 13.6. The second-order valence-corrected chi connectivity index (χ2v) is 3.94.